The van der Waals surface area contributed by atoms with Gasteiger partial charge >= 0.3 is 0 Å². The molecule has 0 atom stereocenters. The lowest BCUT2D eigenvalue weighted by Gasteiger charge is -2.43. The van der Waals surface area contributed by atoms with Gasteiger partial charge in [0.15, 0.2) is 5.11 Å². The summed E-state index contributed by atoms with van der Waals surface area (Å²) in [5.41, 5.74) is 4.89. The van der Waals surface area contributed by atoms with Crippen molar-refractivity contribution in [2.24, 2.45) is 0 Å². The third kappa shape index (κ3) is 3.84. The zero-order valence-corrected chi connectivity index (χ0v) is 21.1. The third-order valence-corrected chi connectivity index (χ3v) is 6.92. The zero-order valence-electron chi connectivity index (χ0n) is 20.2. The molecule has 0 aliphatic carbocycles. The van der Waals surface area contributed by atoms with Crippen LogP contribution in [0, 0.1) is 19.7 Å². The summed E-state index contributed by atoms with van der Waals surface area (Å²) in [7, 11) is 0. The van der Waals surface area contributed by atoms with Gasteiger partial charge in [0.25, 0.3) is 11.8 Å². The highest BCUT2D eigenvalue weighted by Crippen LogP contribution is 2.40. The number of rotatable bonds is 3. The van der Waals surface area contributed by atoms with Gasteiger partial charge in [-0.1, -0.05) is 18.2 Å². The summed E-state index contributed by atoms with van der Waals surface area (Å²) in [5.74, 6) is -1.72. The molecule has 2 aromatic carbocycles. The second-order valence-electron chi connectivity index (χ2n) is 9.29. The minimum Gasteiger partial charge on any atom is -0.363 e. The SMILES string of the molecule is CCN1c2cc(F)c(/C=C3/C(=O)NC(=S)N(c4cccc(C)c4C)C3=O)cc2C(C)=CC1(C)C. The van der Waals surface area contributed by atoms with Gasteiger partial charge < -0.3 is 4.90 Å². The number of anilines is 2. The third-order valence-electron chi connectivity index (χ3n) is 6.63. The summed E-state index contributed by atoms with van der Waals surface area (Å²) < 4.78 is 15.3. The van der Waals surface area contributed by atoms with Crippen LogP contribution in [0.4, 0.5) is 15.8 Å². The molecule has 1 fully saturated rings. The normalized spacial score (nSPS) is 18.7. The van der Waals surface area contributed by atoms with Crippen LogP contribution in [-0.4, -0.2) is 29.0 Å². The molecule has 2 aromatic rings. The van der Waals surface area contributed by atoms with Gasteiger partial charge in [0.1, 0.15) is 11.4 Å². The summed E-state index contributed by atoms with van der Waals surface area (Å²) in [6.45, 7) is 12.7. The molecule has 5 nitrogen and oxygen atoms in total. The largest absolute Gasteiger partial charge is 0.363 e. The smallest absolute Gasteiger partial charge is 0.270 e. The average Bonchev–Trinajstić information content (AvgIpc) is 2.74. The molecule has 0 aromatic heterocycles. The van der Waals surface area contributed by atoms with Crippen molar-refractivity contribution < 1.29 is 14.0 Å². The van der Waals surface area contributed by atoms with Crippen molar-refractivity contribution in [2.75, 3.05) is 16.3 Å². The van der Waals surface area contributed by atoms with Gasteiger partial charge in [-0.05, 0) is 94.7 Å². The zero-order chi connectivity index (χ0) is 24.9. The summed E-state index contributed by atoms with van der Waals surface area (Å²) >= 11 is 5.31. The van der Waals surface area contributed by atoms with Crippen LogP contribution < -0.4 is 15.1 Å². The molecule has 1 saturated heterocycles. The predicted octanol–water partition coefficient (Wildman–Crippen LogP) is 5.30. The van der Waals surface area contributed by atoms with Crippen LogP contribution >= 0.6 is 12.2 Å². The topological polar surface area (TPSA) is 52.7 Å². The van der Waals surface area contributed by atoms with Gasteiger partial charge in [0.05, 0.1) is 11.2 Å². The quantitative estimate of drug-likeness (QED) is 0.371. The van der Waals surface area contributed by atoms with E-state index in [4.69, 9.17) is 12.2 Å². The number of fused-ring (bicyclic) bond motifs is 1. The van der Waals surface area contributed by atoms with Crippen LogP contribution in [0.25, 0.3) is 11.6 Å². The maximum Gasteiger partial charge on any atom is 0.270 e. The first kappa shape index (κ1) is 23.8. The molecule has 34 heavy (non-hydrogen) atoms. The number of carbonyl (C=O) groups excluding carboxylic acids is 2. The summed E-state index contributed by atoms with van der Waals surface area (Å²) in [6, 6.07) is 8.73. The Balaban J connectivity index is 1.82. The van der Waals surface area contributed by atoms with Crippen molar-refractivity contribution in [3.05, 3.63) is 70.1 Å². The number of amides is 2. The molecule has 0 radical (unpaired) electrons. The van der Waals surface area contributed by atoms with Crippen molar-refractivity contribution in [3.63, 3.8) is 0 Å². The fourth-order valence-electron chi connectivity index (χ4n) is 4.81. The minimum atomic E-state index is -0.641. The van der Waals surface area contributed by atoms with Gasteiger partial charge in [0.2, 0.25) is 0 Å². The Bertz CT molecular complexity index is 1310. The lowest BCUT2D eigenvalue weighted by molar-refractivity contribution is -0.122. The van der Waals surface area contributed by atoms with Gasteiger partial charge in [-0.2, -0.15) is 0 Å². The van der Waals surface area contributed by atoms with Gasteiger partial charge in [-0.3, -0.25) is 19.8 Å². The highest BCUT2D eigenvalue weighted by atomic mass is 32.1. The van der Waals surface area contributed by atoms with E-state index in [1.54, 1.807) is 12.1 Å². The summed E-state index contributed by atoms with van der Waals surface area (Å²) in [6.07, 6.45) is 3.46. The molecular weight excluding hydrogens is 449 g/mol. The number of hydrogen-bond donors (Lipinski definition) is 1. The van der Waals surface area contributed by atoms with E-state index in [0.717, 1.165) is 28.0 Å². The average molecular weight is 478 g/mol. The van der Waals surface area contributed by atoms with Crippen LogP contribution in [0.5, 0.6) is 0 Å². The number of aryl methyl sites for hydroxylation is 1. The molecule has 176 valence electrons. The molecule has 2 aliphatic heterocycles. The van der Waals surface area contributed by atoms with E-state index in [1.165, 1.54) is 17.0 Å². The van der Waals surface area contributed by atoms with E-state index in [9.17, 15) is 9.59 Å². The van der Waals surface area contributed by atoms with E-state index >= 15 is 4.39 Å². The Hall–Kier alpha value is -3.32. The summed E-state index contributed by atoms with van der Waals surface area (Å²) in [4.78, 5) is 29.6. The van der Waals surface area contributed by atoms with Crippen molar-refractivity contribution in [2.45, 2.75) is 47.1 Å². The molecule has 2 aliphatic rings. The Kier molecular flexibility index (Phi) is 5.94. The fraction of sp³-hybridized carbons (Fsp3) is 0.296. The molecule has 2 heterocycles. The molecular formula is C27H28FN3O2S. The van der Waals surface area contributed by atoms with Crippen molar-refractivity contribution >= 4 is 52.2 Å². The first-order chi connectivity index (χ1) is 16.0. The van der Waals surface area contributed by atoms with Gasteiger partial charge in [0, 0.05) is 23.4 Å². The molecule has 1 N–H and O–H groups in total. The van der Waals surface area contributed by atoms with Crippen LogP contribution in [-0.2, 0) is 9.59 Å². The van der Waals surface area contributed by atoms with Crippen molar-refractivity contribution in [3.8, 4) is 0 Å². The first-order valence-corrected chi connectivity index (χ1v) is 11.7. The fourth-order valence-corrected chi connectivity index (χ4v) is 5.09. The molecule has 0 saturated carbocycles. The molecule has 0 spiro atoms. The summed E-state index contributed by atoms with van der Waals surface area (Å²) in [5, 5.41) is 2.59. The molecule has 0 bridgehead atoms. The standard InChI is InChI=1S/C27H28FN3O2S/c1-7-30-23-13-21(28)18(11-19(23)16(3)14-27(30,5)6)12-20-24(32)29-26(34)31(25(20)33)22-10-8-9-15(2)17(22)4/h8-14H,7H2,1-6H3,(H,29,32,34)/b20-12-. The second kappa shape index (κ2) is 8.47. The Morgan fingerprint density at radius 3 is 2.50 bits per heavy atom. The number of carbonyl (C=O) groups is 2. The number of halogens is 1. The highest BCUT2D eigenvalue weighted by Gasteiger charge is 2.36. The van der Waals surface area contributed by atoms with Crippen LogP contribution in [0.1, 0.15) is 49.9 Å². The molecule has 2 amide bonds. The number of allylic oxidation sites excluding steroid dienone is 1. The number of likely N-dealkylation sites (N-methyl/N-ethyl adjacent to an activating group) is 1. The number of hydrogen-bond acceptors (Lipinski definition) is 4. The maximum atomic E-state index is 15.3. The van der Waals surface area contributed by atoms with E-state index in [-0.39, 0.29) is 21.8 Å². The van der Waals surface area contributed by atoms with E-state index in [2.05, 4.69) is 30.1 Å². The van der Waals surface area contributed by atoms with E-state index in [0.29, 0.717) is 12.2 Å². The molecule has 7 heteroatoms. The van der Waals surface area contributed by atoms with Crippen LogP contribution in [0.2, 0.25) is 0 Å². The monoisotopic (exact) mass is 477 g/mol. The number of thiocarbonyl (C=S) groups is 1. The molecule has 0 unspecified atom stereocenters. The highest BCUT2D eigenvalue weighted by molar-refractivity contribution is 7.80. The Labute approximate surface area is 204 Å². The lowest BCUT2D eigenvalue weighted by atomic mass is 9.87. The van der Waals surface area contributed by atoms with Gasteiger partial charge in [-0.15, -0.1) is 0 Å². The van der Waals surface area contributed by atoms with Gasteiger partial charge in [-0.25, -0.2) is 4.39 Å². The van der Waals surface area contributed by atoms with Crippen LogP contribution in [0.15, 0.2) is 42.0 Å². The number of nitrogens with one attached hydrogen (secondary N) is 1. The lowest BCUT2D eigenvalue weighted by Crippen LogP contribution is -2.54. The Morgan fingerprint density at radius 1 is 1.12 bits per heavy atom. The molecule has 4 rings (SSSR count). The van der Waals surface area contributed by atoms with Crippen LogP contribution in [0.3, 0.4) is 0 Å². The minimum absolute atomic E-state index is 0.00589. The van der Waals surface area contributed by atoms with E-state index < -0.39 is 17.6 Å². The van der Waals surface area contributed by atoms with E-state index in [1.807, 2.05) is 39.8 Å². The van der Waals surface area contributed by atoms with Crippen molar-refractivity contribution in [1.29, 1.82) is 0 Å². The first-order valence-electron chi connectivity index (χ1n) is 11.2. The number of benzene rings is 2. The van der Waals surface area contributed by atoms with Crippen molar-refractivity contribution in [1.82, 2.24) is 5.32 Å². The predicted molar refractivity (Wildman–Crippen MR) is 139 cm³/mol. The second-order valence-corrected chi connectivity index (χ2v) is 9.68. The number of nitrogens with zero attached hydrogens (tertiary/aromatic N) is 2. The Morgan fingerprint density at radius 2 is 1.82 bits per heavy atom. The maximum absolute atomic E-state index is 15.3.